The third-order valence-corrected chi connectivity index (χ3v) is 5.98. The number of carbonyl (C=O) groups excluding carboxylic acids is 1. The molecule has 1 atom stereocenters. The summed E-state index contributed by atoms with van der Waals surface area (Å²) >= 11 is 12.7. The number of likely N-dealkylation sites (N-methyl/N-ethyl adjacent to an activating group) is 1. The van der Waals surface area contributed by atoms with Gasteiger partial charge >= 0.3 is 6.03 Å². The van der Waals surface area contributed by atoms with Crippen LogP contribution in [0, 0.1) is 0 Å². The first-order valence-electron chi connectivity index (χ1n) is 9.33. The third kappa shape index (κ3) is 3.93. The number of hydrogen-bond donors (Lipinski definition) is 1. The van der Waals surface area contributed by atoms with Crippen LogP contribution >= 0.6 is 23.2 Å². The molecule has 2 aliphatic rings. The predicted molar refractivity (Wildman–Crippen MR) is 111 cm³/mol. The Morgan fingerprint density at radius 1 is 1.15 bits per heavy atom. The smallest absolute Gasteiger partial charge is 0.321 e. The number of rotatable bonds is 2. The van der Waals surface area contributed by atoms with Crippen LogP contribution < -0.4 is 5.32 Å². The van der Waals surface area contributed by atoms with Gasteiger partial charge < -0.3 is 15.1 Å². The Labute approximate surface area is 170 Å². The van der Waals surface area contributed by atoms with Crippen LogP contribution in [0.3, 0.4) is 0 Å². The molecule has 2 amide bonds. The Kier molecular flexibility index (Phi) is 5.31. The molecule has 0 bridgehead atoms. The molecular formula is C21H23Cl2N3O. The molecule has 6 heteroatoms. The van der Waals surface area contributed by atoms with Crippen molar-refractivity contribution in [2.45, 2.75) is 25.3 Å². The monoisotopic (exact) mass is 403 g/mol. The molecule has 1 fully saturated rings. The van der Waals surface area contributed by atoms with Gasteiger partial charge in [0.15, 0.2) is 0 Å². The SMILES string of the molecule is CN1Cc2c(Cl)cc(Cl)cc2C(c2cccc(NC(=O)N3CCCC3)c2)C1. The van der Waals surface area contributed by atoms with Gasteiger partial charge in [-0.3, -0.25) is 0 Å². The molecule has 4 rings (SSSR count). The maximum atomic E-state index is 12.4. The van der Waals surface area contributed by atoms with Gasteiger partial charge in [0, 0.05) is 47.8 Å². The number of nitrogens with zero attached hydrogens (tertiary/aromatic N) is 2. The molecule has 1 saturated heterocycles. The molecule has 0 aliphatic carbocycles. The van der Waals surface area contributed by atoms with Crippen LogP contribution in [0.15, 0.2) is 36.4 Å². The Morgan fingerprint density at radius 3 is 2.70 bits per heavy atom. The number of urea groups is 1. The first-order chi connectivity index (χ1) is 13.0. The number of anilines is 1. The van der Waals surface area contributed by atoms with Crippen molar-refractivity contribution in [1.29, 1.82) is 0 Å². The summed E-state index contributed by atoms with van der Waals surface area (Å²) in [6.45, 7) is 3.37. The van der Waals surface area contributed by atoms with Gasteiger partial charge in [0.1, 0.15) is 0 Å². The minimum Gasteiger partial charge on any atom is -0.325 e. The van der Waals surface area contributed by atoms with E-state index in [0.717, 1.165) is 55.8 Å². The highest BCUT2D eigenvalue weighted by atomic mass is 35.5. The van der Waals surface area contributed by atoms with Gasteiger partial charge in [-0.1, -0.05) is 35.3 Å². The maximum absolute atomic E-state index is 12.4. The first kappa shape index (κ1) is 18.6. The van der Waals surface area contributed by atoms with Crippen LogP contribution in [0.25, 0.3) is 0 Å². The van der Waals surface area contributed by atoms with E-state index in [1.54, 1.807) is 0 Å². The van der Waals surface area contributed by atoms with Gasteiger partial charge in [-0.05, 0) is 60.8 Å². The van der Waals surface area contributed by atoms with Crippen LogP contribution in [0.4, 0.5) is 10.5 Å². The van der Waals surface area contributed by atoms with E-state index in [4.69, 9.17) is 23.2 Å². The number of hydrogen-bond acceptors (Lipinski definition) is 2. The molecule has 0 radical (unpaired) electrons. The largest absolute Gasteiger partial charge is 0.325 e. The molecule has 1 unspecified atom stereocenters. The standard InChI is InChI=1S/C21H23Cl2N3O/c1-25-12-18(17-10-15(22)11-20(23)19(17)13-25)14-5-4-6-16(9-14)24-21(27)26-7-2-3-8-26/h4-6,9-11,18H,2-3,7-8,12-13H2,1H3,(H,24,27). The van der Waals surface area contributed by atoms with Gasteiger partial charge in [-0.25, -0.2) is 4.79 Å². The molecule has 2 aromatic carbocycles. The van der Waals surface area contributed by atoms with E-state index in [9.17, 15) is 4.79 Å². The van der Waals surface area contributed by atoms with Gasteiger partial charge in [0.2, 0.25) is 0 Å². The Balaban J connectivity index is 1.63. The summed E-state index contributed by atoms with van der Waals surface area (Å²) in [6.07, 6.45) is 2.17. The van der Waals surface area contributed by atoms with Crippen LogP contribution in [-0.2, 0) is 6.54 Å². The average molecular weight is 404 g/mol. The molecule has 2 aliphatic heterocycles. The average Bonchev–Trinajstić information content (AvgIpc) is 3.17. The van der Waals surface area contributed by atoms with Crippen molar-refractivity contribution < 1.29 is 4.79 Å². The Hall–Kier alpha value is -1.75. The molecular weight excluding hydrogens is 381 g/mol. The zero-order valence-electron chi connectivity index (χ0n) is 15.3. The minimum absolute atomic E-state index is 0.0168. The van der Waals surface area contributed by atoms with Gasteiger partial charge in [0.05, 0.1) is 0 Å². The Bertz CT molecular complexity index is 865. The van der Waals surface area contributed by atoms with Crippen molar-refractivity contribution in [2.75, 3.05) is 32.0 Å². The number of likely N-dealkylation sites (tertiary alicyclic amines) is 1. The molecule has 27 heavy (non-hydrogen) atoms. The summed E-state index contributed by atoms with van der Waals surface area (Å²) in [4.78, 5) is 16.6. The van der Waals surface area contributed by atoms with E-state index in [-0.39, 0.29) is 11.9 Å². The lowest BCUT2D eigenvalue weighted by Gasteiger charge is -2.33. The number of fused-ring (bicyclic) bond motifs is 1. The zero-order chi connectivity index (χ0) is 19.0. The molecule has 2 aromatic rings. The summed E-state index contributed by atoms with van der Waals surface area (Å²) in [7, 11) is 2.10. The van der Waals surface area contributed by atoms with Crippen LogP contribution in [0.1, 0.15) is 35.4 Å². The van der Waals surface area contributed by atoms with Crippen molar-refractivity contribution >= 4 is 34.9 Å². The summed E-state index contributed by atoms with van der Waals surface area (Å²) in [5, 5.41) is 4.42. The van der Waals surface area contributed by atoms with Gasteiger partial charge in [0.25, 0.3) is 0 Å². The lowest BCUT2D eigenvalue weighted by molar-refractivity contribution is 0.222. The van der Waals surface area contributed by atoms with E-state index in [1.807, 2.05) is 29.2 Å². The number of nitrogens with one attached hydrogen (secondary N) is 1. The second-order valence-electron chi connectivity index (χ2n) is 7.45. The highest BCUT2D eigenvalue weighted by Gasteiger charge is 2.27. The van der Waals surface area contributed by atoms with E-state index < -0.39 is 0 Å². The van der Waals surface area contributed by atoms with Crippen molar-refractivity contribution in [3.05, 3.63) is 63.1 Å². The van der Waals surface area contributed by atoms with E-state index in [2.05, 4.69) is 29.4 Å². The highest BCUT2D eigenvalue weighted by Crippen LogP contribution is 2.38. The molecule has 1 N–H and O–H groups in total. The van der Waals surface area contributed by atoms with Crippen LogP contribution in [0.2, 0.25) is 10.0 Å². The fourth-order valence-corrected chi connectivity index (χ4v) is 4.66. The number of halogens is 2. The van der Waals surface area contributed by atoms with E-state index in [1.165, 1.54) is 5.56 Å². The lowest BCUT2D eigenvalue weighted by Crippen LogP contribution is -2.32. The normalized spacial score (nSPS) is 19.8. The summed E-state index contributed by atoms with van der Waals surface area (Å²) in [5.74, 6) is 0.165. The van der Waals surface area contributed by atoms with Crippen molar-refractivity contribution in [3.8, 4) is 0 Å². The number of amides is 2. The van der Waals surface area contributed by atoms with Crippen LogP contribution in [-0.4, -0.2) is 42.5 Å². The Morgan fingerprint density at radius 2 is 1.93 bits per heavy atom. The molecule has 0 saturated carbocycles. The second kappa shape index (κ2) is 7.70. The van der Waals surface area contributed by atoms with Crippen molar-refractivity contribution in [1.82, 2.24) is 9.80 Å². The summed E-state index contributed by atoms with van der Waals surface area (Å²) in [5.41, 5.74) is 4.28. The summed E-state index contributed by atoms with van der Waals surface area (Å²) in [6, 6.07) is 11.9. The van der Waals surface area contributed by atoms with Gasteiger partial charge in [-0.2, -0.15) is 0 Å². The van der Waals surface area contributed by atoms with E-state index >= 15 is 0 Å². The third-order valence-electron chi connectivity index (χ3n) is 5.43. The topological polar surface area (TPSA) is 35.6 Å². The fourth-order valence-electron chi connectivity index (χ4n) is 4.09. The molecule has 0 aromatic heterocycles. The molecule has 2 heterocycles. The van der Waals surface area contributed by atoms with Crippen molar-refractivity contribution in [2.24, 2.45) is 0 Å². The highest BCUT2D eigenvalue weighted by molar-refractivity contribution is 6.35. The first-order valence-corrected chi connectivity index (χ1v) is 10.1. The second-order valence-corrected chi connectivity index (χ2v) is 8.30. The van der Waals surface area contributed by atoms with Crippen molar-refractivity contribution in [3.63, 3.8) is 0 Å². The molecule has 0 spiro atoms. The lowest BCUT2D eigenvalue weighted by atomic mass is 9.84. The van der Waals surface area contributed by atoms with Gasteiger partial charge in [-0.15, -0.1) is 0 Å². The minimum atomic E-state index is -0.0168. The quantitative estimate of drug-likeness (QED) is 0.747. The van der Waals surface area contributed by atoms with Crippen LogP contribution in [0.5, 0.6) is 0 Å². The molecule has 142 valence electrons. The maximum Gasteiger partial charge on any atom is 0.321 e. The number of benzene rings is 2. The van der Waals surface area contributed by atoms with E-state index in [0.29, 0.717) is 10.0 Å². The fraction of sp³-hybridized carbons (Fsp3) is 0.381. The summed E-state index contributed by atoms with van der Waals surface area (Å²) < 4.78 is 0. The molecule has 4 nitrogen and oxygen atoms in total. The number of carbonyl (C=O) groups is 1. The predicted octanol–water partition coefficient (Wildman–Crippen LogP) is 5.20. The zero-order valence-corrected chi connectivity index (χ0v) is 16.9.